The number of aromatic nitrogens is 2. The molecule has 0 spiro atoms. The highest BCUT2D eigenvalue weighted by Gasteiger charge is 2.29. The van der Waals surface area contributed by atoms with Crippen molar-refractivity contribution in [3.63, 3.8) is 0 Å². The number of hydrogen-bond donors (Lipinski definition) is 3. The van der Waals surface area contributed by atoms with Gasteiger partial charge in [0, 0.05) is 35.3 Å². The Bertz CT molecular complexity index is 1890. The van der Waals surface area contributed by atoms with Crippen LogP contribution in [-0.2, 0) is 19.9 Å². The molecule has 0 bridgehead atoms. The van der Waals surface area contributed by atoms with Crippen LogP contribution in [0.2, 0.25) is 0 Å². The van der Waals surface area contributed by atoms with Crippen molar-refractivity contribution in [2.24, 2.45) is 0 Å². The number of carbonyl (C=O) groups excluding carboxylic acids is 1. The van der Waals surface area contributed by atoms with Gasteiger partial charge in [0.25, 0.3) is 5.91 Å². The minimum atomic E-state index is -3.71. The molecule has 5 rings (SSSR count). The van der Waals surface area contributed by atoms with Crippen LogP contribution in [0.15, 0.2) is 59.6 Å². The Kier molecular flexibility index (Phi) is 8.39. The van der Waals surface area contributed by atoms with E-state index in [2.05, 4.69) is 20.5 Å². The van der Waals surface area contributed by atoms with Gasteiger partial charge in [-0.15, -0.1) is 0 Å². The van der Waals surface area contributed by atoms with Gasteiger partial charge in [-0.05, 0) is 94.1 Å². The molecule has 1 amide bonds. The fraction of sp³-hybridized carbons (Fsp3) is 0.355. The number of carbonyl (C=O) groups is 1. The number of aryl methyl sites for hydroxylation is 4. The number of sulfonamides is 1. The van der Waals surface area contributed by atoms with Crippen molar-refractivity contribution >= 4 is 42.4 Å². The second-order valence-corrected chi connectivity index (χ2v) is 15.4. The molecular formula is C31H37N5O5S2. The Balaban J connectivity index is 1.30. The van der Waals surface area contributed by atoms with Crippen molar-refractivity contribution in [2.75, 3.05) is 23.4 Å². The molecule has 228 valence electrons. The highest BCUT2D eigenvalue weighted by Crippen LogP contribution is 2.28. The fourth-order valence-corrected chi connectivity index (χ4v) is 9.14. The van der Waals surface area contributed by atoms with Crippen LogP contribution in [0.3, 0.4) is 0 Å². The molecule has 12 heteroatoms. The van der Waals surface area contributed by atoms with Crippen molar-refractivity contribution in [1.82, 2.24) is 19.8 Å². The Morgan fingerprint density at radius 1 is 1.02 bits per heavy atom. The van der Waals surface area contributed by atoms with E-state index in [4.69, 9.17) is 0 Å². The summed E-state index contributed by atoms with van der Waals surface area (Å²) in [5, 5.41) is 11.7. The highest BCUT2D eigenvalue weighted by atomic mass is 32.2. The molecule has 0 radical (unpaired) electrons. The minimum absolute atomic E-state index is 0.0252. The molecule has 3 N–H and O–H groups in total. The first-order chi connectivity index (χ1) is 20.2. The Hall–Kier alpha value is -3.74. The lowest BCUT2D eigenvalue weighted by atomic mass is 10.1. The second-order valence-electron chi connectivity index (χ2n) is 11.6. The summed E-state index contributed by atoms with van der Waals surface area (Å²) < 4.78 is 54.4. The van der Waals surface area contributed by atoms with Gasteiger partial charge in [-0.25, -0.2) is 26.2 Å². The van der Waals surface area contributed by atoms with Gasteiger partial charge in [0.15, 0.2) is 9.84 Å². The van der Waals surface area contributed by atoms with Crippen molar-refractivity contribution in [3.8, 4) is 5.69 Å². The molecule has 1 fully saturated rings. The van der Waals surface area contributed by atoms with Crippen molar-refractivity contribution in [2.45, 2.75) is 58.0 Å². The van der Waals surface area contributed by atoms with Crippen LogP contribution in [0, 0.1) is 27.7 Å². The zero-order valence-corrected chi connectivity index (χ0v) is 26.6. The van der Waals surface area contributed by atoms with Crippen LogP contribution in [0.4, 0.5) is 5.69 Å². The van der Waals surface area contributed by atoms with E-state index in [9.17, 15) is 21.6 Å². The lowest BCUT2D eigenvalue weighted by molar-refractivity contribution is 0.0941. The molecule has 43 heavy (non-hydrogen) atoms. The third-order valence-electron chi connectivity index (χ3n) is 7.60. The van der Waals surface area contributed by atoms with Crippen LogP contribution in [0.1, 0.15) is 46.0 Å². The van der Waals surface area contributed by atoms with Gasteiger partial charge in [-0.3, -0.25) is 4.79 Å². The third kappa shape index (κ3) is 6.76. The minimum Gasteiger partial charge on any atom is -0.383 e. The number of anilines is 1. The maximum atomic E-state index is 13.2. The van der Waals surface area contributed by atoms with Gasteiger partial charge in [-0.2, -0.15) is 5.10 Å². The molecule has 0 saturated carbocycles. The summed E-state index contributed by atoms with van der Waals surface area (Å²) in [6.45, 7) is 9.73. The smallest absolute Gasteiger partial charge is 0.251 e. The van der Waals surface area contributed by atoms with Gasteiger partial charge < -0.3 is 10.6 Å². The number of sulfone groups is 1. The fourth-order valence-electron chi connectivity index (χ4n) is 5.77. The summed E-state index contributed by atoms with van der Waals surface area (Å²) in [6, 6.07) is 14.0. The first-order valence-electron chi connectivity index (χ1n) is 14.2. The largest absolute Gasteiger partial charge is 0.383 e. The molecule has 1 aromatic heterocycles. The van der Waals surface area contributed by atoms with E-state index < -0.39 is 25.9 Å². The van der Waals surface area contributed by atoms with E-state index in [-0.39, 0.29) is 23.5 Å². The van der Waals surface area contributed by atoms with Gasteiger partial charge in [0.05, 0.1) is 33.8 Å². The van der Waals surface area contributed by atoms with Crippen LogP contribution in [0.25, 0.3) is 16.6 Å². The van der Waals surface area contributed by atoms with E-state index in [1.54, 1.807) is 35.1 Å². The molecule has 2 heterocycles. The predicted octanol–water partition coefficient (Wildman–Crippen LogP) is 3.95. The Morgan fingerprint density at radius 2 is 1.67 bits per heavy atom. The number of rotatable bonds is 9. The van der Waals surface area contributed by atoms with Gasteiger partial charge in [0.1, 0.15) is 0 Å². The molecule has 4 aromatic rings. The Morgan fingerprint density at radius 3 is 2.30 bits per heavy atom. The SMILES string of the molecule is Cc1cc(C)c(S(=O)(=O)N[C@@H](C)CNc2cc(C)cc3c2cnn3-c2ccc(C(=O)NC3CCS(=O)(=O)C3)cc2)c(C)c1. The standard InChI is InChI=1S/C31H37N5O5S2/c1-19-12-21(3)30(22(4)13-19)43(40,41)35-23(5)16-32-28-14-20(2)15-29-27(28)17-33-36(29)26-8-6-24(7-9-26)31(37)34-25-10-11-42(38,39)18-25/h6-9,12-15,17,23,25,32,35H,10-11,16,18H2,1-5H3,(H,34,37)/t23-,25?/m0/s1. The summed E-state index contributed by atoms with van der Waals surface area (Å²) in [5.41, 5.74) is 6.35. The molecule has 1 aliphatic rings. The van der Waals surface area contributed by atoms with E-state index in [0.717, 1.165) is 44.5 Å². The quantitative estimate of drug-likeness (QED) is 0.257. The monoisotopic (exact) mass is 623 g/mol. The maximum Gasteiger partial charge on any atom is 0.251 e. The first kappa shape index (κ1) is 30.7. The molecule has 10 nitrogen and oxygen atoms in total. The number of fused-ring (bicyclic) bond motifs is 1. The third-order valence-corrected chi connectivity index (χ3v) is 11.3. The number of nitrogens with zero attached hydrogens (tertiary/aromatic N) is 2. The molecular weight excluding hydrogens is 587 g/mol. The highest BCUT2D eigenvalue weighted by molar-refractivity contribution is 7.91. The number of amides is 1. The van der Waals surface area contributed by atoms with Crippen molar-refractivity contribution < 1.29 is 21.6 Å². The zero-order valence-electron chi connectivity index (χ0n) is 24.9. The van der Waals surface area contributed by atoms with Gasteiger partial charge in [-0.1, -0.05) is 17.7 Å². The molecule has 1 unspecified atom stereocenters. The number of benzene rings is 3. The predicted molar refractivity (Wildman–Crippen MR) is 169 cm³/mol. The van der Waals surface area contributed by atoms with Crippen LogP contribution < -0.4 is 15.4 Å². The lowest BCUT2D eigenvalue weighted by Crippen LogP contribution is -2.38. The van der Waals surface area contributed by atoms with Crippen molar-refractivity contribution in [3.05, 3.63) is 82.5 Å². The topological polar surface area (TPSA) is 139 Å². The summed E-state index contributed by atoms with van der Waals surface area (Å²) in [5.74, 6) is -0.234. The molecule has 1 aliphatic heterocycles. The second kappa shape index (κ2) is 11.7. The molecule has 1 saturated heterocycles. The summed E-state index contributed by atoms with van der Waals surface area (Å²) in [7, 11) is -6.79. The molecule has 3 aromatic carbocycles. The normalized spacial score (nSPS) is 17.2. The first-order valence-corrected chi connectivity index (χ1v) is 17.5. The molecule has 0 aliphatic carbocycles. The van der Waals surface area contributed by atoms with E-state index in [1.807, 2.05) is 58.9 Å². The van der Waals surface area contributed by atoms with Crippen LogP contribution in [-0.4, -0.2) is 62.7 Å². The van der Waals surface area contributed by atoms with Gasteiger partial charge in [0.2, 0.25) is 10.0 Å². The Labute approximate surface area is 252 Å². The van der Waals surface area contributed by atoms with Crippen molar-refractivity contribution in [1.29, 1.82) is 0 Å². The summed E-state index contributed by atoms with van der Waals surface area (Å²) >= 11 is 0. The van der Waals surface area contributed by atoms with Crippen LogP contribution >= 0.6 is 0 Å². The van der Waals surface area contributed by atoms with E-state index >= 15 is 0 Å². The molecule has 2 atom stereocenters. The summed E-state index contributed by atoms with van der Waals surface area (Å²) in [6.07, 6.45) is 2.18. The zero-order chi connectivity index (χ0) is 31.1. The van der Waals surface area contributed by atoms with Gasteiger partial charge >= 0.3 is 0 Å². The maximum absolute atomic E-state index is 13.2. The van der Waals surface area contributed by atoms with E-state index in [0.29, 0.717) is 23.4 Å². The average molecular weight is 624 g/mol. The van der Waals surface area contributed by atoms with E-state index in [1.165, 1.54) is 0 Å². The lowest BCUT2D eigenvalue weighted by Gasteiger charge is -2.19. The number of hydrogen-bond acceptors (Lipinski definition) is 7. The number of nitrogens with one attached hydrogen (secondary N) is 3. The van der Waals surface area contributed by atoms with Crippen LogP contribution in [0.5, 0.6) is 0 Å². The summed E-state index contributed by atoms with van der Waals surface area (Å²) in [4.78, 5) is 13.0. The average Bonchev–Trinajstić information content (AvgIpc) is 3.48.